The number of rotatable bonds is 2. The lowest BCUT2D eigenvalue weighted by Gasteiger charge is -2.36. The lowest BCUT2D eigenvalue weighted by atomic mass is 9.86. The number of esters is 1. The highest BCUT2D eigenvalue weighted by molar-refractivity contribution is 6.30. The van der Waals surface area contributed by atoms with Crippen LogP contribution in [0.1, 0.15) is 11.6 Å². The van der Waals surface area contributed by atoms with Crippen molar-refractivity contribution in [1.29, 1.82) is 0 Å². The molecule has 0 radical (unpaired) electrons. The number of halogens is 1. The number of carbonyl (C=O) groups is 1. The van der Waals surface area contributed by atoms with Gasteiger partial charge >= 0.3 is 5.97 Å². The van der Waals surface area contributed by atoms with Gasteiger partial charge in [0.25, 0.3) is 0 Å². The van der Waals surface area contributed by atoms with Crippen molar-refractivity contribution in [2.45, 2.75) is 6.04 Å². The van der Waals surface area contributed by atoms with E-state index < -0.39 is 0 Å². The monoisotopic (exact) mass is 225 g/mol. The van der Waals surface area contributed by atoms with E-state index in [0.29, 0.717) is 11.6 Å². The molecule has 15 heavy (non-hydrogen) atoms. The number of hydrogen-bond acceptors (Lipinski definition) is 3. The average Bonchev–Trinajstić information content (AvgIpc) is 2.19. The van der Waals surface area contributed by atoms with Gasteiger partial charge < -0.3 is 10.1 Å². The fourth-order valence-electron chi connectivity index (χ4n) is 1.74. The summed E-state index contributed by atoms with van der Waals surface area (Å²) in [5, 5.41) is 3.90. The third-order valence-corrected chi connectivity index (χ3v) is 2.95. The Morgan fingerprint density at radius 2 is 2.13 bits per heavy atom. The molecule has 1 heterocycles. The molecule has 1 N–H and O–H groups in total. The van der Waals surface area contributed by atoms with Gasteiger partial charge in [0.15, 0.2) is 0 Å². The lowest BCUT2D eigenvalue weighted by molar-refractivity contribution is -0.149. The molecule has 0 saturated carbocycles. The van der Waals surface area contributed by atoms with Crippen LogP contribution in [-0.4, -0.2) is 19.6 Å². The molecule has 0 bridgehead atoms. The Morgan fingerprint density at radius 3 is 2.60 bits per heavy atom. The zero-order valence-corrected chi connectivity index (χ0v) is 9.12. The first kappa shape index (κ1) is 10.5. The smallest absolute Gasteiger partial charge is 0.311 e. The molecule has 2 rings (SSSR count). The van der Waals surface area contributed by atoms with E-state index in [2.05, 4.69) is 5.32 Å². The summed E-state index contributed by atoms with van der Waals surface area (Å²) in [6.07, 6.45) is 0. The van der Waals surface area contributed by atoms with Crippen LogP contribution >= 0.6 is 11.6 Å². The zero-order chi connectivity index (χ0) is 10.8. The highest BCUT2D eigenvalue weighted by atomic mass is 35.5. The van der Waals surface area contributed by atoms with Gasteiger partial charge in [-0.2, -0.15) is 0 Å². The summed E-state index contributed by atoms with van der Waals surface area (Å²) in [5.74, 6) is -0.232. The Kier molecular flexibility index (Phi) is 2.93. The Hall–Kier alpha value is -1.06. The van der Waals surface area contributed by atoms with Crippen LogP contribution in [0.15, 0.2) is 24.3 Å². The molecule has 1 aliphatic heterocycles. The van der Waals surface area contributed by atoms with Crippen LogP contribution in [-0.2, 0) is 9.53 Å². The Morgan fingerprint density at radius 1 is 1.47 bits per heavy atom. The van der Waals surface area contributed by atoms with E-state index >= 15 is 0 Å². The van der Waals surface area contributed by atoms with Crippen LogP contribution < -0.4 is 5.32 Å². The fraction of sp³-hybridized carbons (Fsp3) is 0.364. The maximum Gasteiger partial charge on any atom is 0.311 e. The predicted molar refractivity (Wildman–Crippen MR) is 57.7 cm³/mol. The number of carbonyl (C=O) groups excluding carboxylic acids is 1. The highest BCUT2D eigenvalue weighted by Crippen LogP contribution is 2.30. The van der Waals surface area contributed by atoms with Crippen molar-refractivity contribution in [2.24, 2.45) is 5.92 Å². The molecule has 0 spiro atoms. The second-order valence-corrected chi connectivity index (χ2v) is 4.00. The van der Waals surface area contributed by atoms with Crippen molar-refractivity contribution in [1.82, 2.24) is 5.32 Å². The van der Waals surface area contributed by atoms with E-state index in [1.54, 1.807) is 0 Å². The van der Waals surface area contributed by atoms with Crippen LogP contribution in [0, 0.1) is 5.92 Å². The molecule has 3 nitrogen and oxygen atoms in total. The second-order valence-electron chi connectivity index (χ2n) is 3.57. The van der Waals surface area contributed by atoms with Gasteiger partial charge in [0.2, 0.25) is 0 Å². The van der Waals surface area contributed by atoms with E-state index in [1.165, 1.54) is 7.11 Å². The molecule has 1 fully saturated rings. The van der Waals surface area contributed by atoms with Gasteiger partial charge in [-0.1, -0.05) is 23.7 Å². The summed E-state index contributed by atoms with van der Waals surface area (Å²) in [6.45, 7) is 0.681. The number of methoxy groups -OCH3 is 1. The molecule has 0 aromatic heterocycles. The van der Waals surface area contributed by atoms with Crippen LogP contribution in [0.3, 0.4) is 0 Å². The fourth-order valence-corrected chi connectivity index (χ4v) is 1.87. The number of ether oxygens (including phenoxy) is 1. The second kappa shape index (κ2) is 4.21. The van der Waals surface area contributed by atoms with Crippen molar-refractivity contribution >= 4 is 17.6 Å². The Labute approximate surface area is 93.4 Å². The first-order chi connectivity index (χ1) is 7.22. The predicted octanol–water partition coefficient (Wildman–Crippen LogP) is 1.77. The Bertz CT molecular complexity index is 363. The summed E-state index contributed by atoms with van der Waals surface area (Å²) in [6, 6.07) is 7.57. The van der Waals surface area contributed by atoms with Crippen molar-refractivity contribution < 1.29 is 9.53 Å². The van der Waals surface area contributed by atoms with Crippen molar-refractivity contribution in [3.05, 3.63) is 34.9 Å². The molecule has 1 aromatic rings. The summed E-state index contributed by atoms with van der Waals surface area (Å²) in [5.41, 5.74) is 1.07. The molecular weight excluding hydrogens is 214 g/mol. The van der Waals surface area contributed by atoms with Gasteiger partial charge in [-0.3, -0.25) is 4.79 Å². The minimum atomic E-state index is -0.159. The molecule has 4 heteroatoms. The van der Waals surface area contributed by atoms with Crippen molar-refractivity contribution in [3.8, 4) is 0 Å². The van der Waals surface area contributed by atoms with Gasteiger partial charge in [-0.15, -0.1) is 0 Å². The maximum absolute atomic E-state index is 11.4. The quantitative estimate of drug-likeness (QED) is 0.780. The molecule has 0 amide bonds. The molecule has 2 atom stereocenters. The molecule has 2 unspecified atom stereocenters. The van der Waals surface area contributed by atoms with Crippen LogP contribution in [0.4, 0.5) is 0 Å². The normalized spacial score (nSPS) is 24.4. The lowest BCUT2D eigenvalue weighted by Crippen LogP contribution is -2.50. The summed E-state index contributed by atoms with van der Waals surface area (Å²) in [4.78, 5) is 11.4. The summed E-state index contributed by atoms with van der Waals surface area (Å²) in [7, 11) is 1.42. The number of nitrogens with one attached hydrogen (secondary N) is 1. The molecule has 1 saturated heterocycles. The molecule has 80 valence electrons. The maximum atomic E-state index is 11.4. The molecule has 1 aromatic carbocycles. The van der Waals surface area contributed by atoms with Crippen LogP contribution in [0.25, 0.3) is 0 Å². The summed E-state index contributed by atoms with van der Waals surface area (Å²) >= 11 is 5.79. The molecular formula is C11H12ClNO2. The van der Waals surface area contributed by atoms with Crippen LogP contribution in [0.2, 0.25) is 5.02 Å². The first-order valence-corrected chi connectivity index (χ1v) is 5.17. The average molecular weight is 226 g/mol. The van der Waals surface area contributed by atoms with Gasteiger partial charge in [-0.05, 0) is 17.7 Å². The topological polar surface area (TPSA) is 38.3 Å². The largest absolute Gasteiger partial charge is 0.469 e. The standard InChI is InChI=1S/C11H12ClNO2/c1-15-11(14)9-6-13-10(9)7-2-4-8(12)5-3-7/h2-5,9-10,13H,6H2,1H3. The van der Waals surface area contributed by atoms with E-state index in [-0.39, 0.29) is 17.9 Å². The van der Waals surface area contributed by atoms with E-state index in [4.69, 9.17) is 16.3 Å². The summed E-state index contributed by atoms with van der Waals surface area (Å²) < 4.78 is 4.72. The minimum absolute atomic E-state index is 0.0646. The zero-order valence-electron chi connectivity index (χ0n) is 8.37. The van der Waals surface area contributed by atoms with E-state index in [0.717, 1.165) is 5.56 Å². The van der Waals surface area contributed by atoms with Gasteiger partial charge in [0, 0.05) is 17.6 Å². The number of hydrogen-bond donors (Lipinski definition) is 1. The number of benzene rings is 1. The van der Waals surface area contributed by atoms with Gasteiger partial charge in [-0.25, -0.2) is 0 Å². The highest BCUT2D eigenvalue weighted by Gasteiger charge is 2.37. The van der Waals surface area contributed by atoms with Crippen LogP contribution in [0.5, 0.6) is 0 Å². The Balaban J connectivity index is 2.12. The molecule has 0 aliphatic carbocycles. The third-order valence-electron chi connectivity index (χ3n) is 2.69. The van der Waals surface area contributed by atoms with Crippen molar-refractivity contribution in [2.75, 3.05) is 13.7 Å². The van der Waals surface area contributed by atoms with Gasteiger partial charge in [0.1, 0.15) is 0 Å². The third kappa shape index (κ3) is 1.98. The minimum Gasteiger partial charge on any atom is -0.469 e. The van der Waals surface area contributed by atoms with Gasteiger partial charge in [0.05, 0.1) is 13.0 Å². The SMILES string of the molecule is COC(=O)C1CNC1c1ccc(Cl)cc1. The molecule has 1 aliphatic rings. The van der Waals surface area contributed by atoms with E-state index in [1.807, 2.05) is 24.3 Å². The van der Waals surface area contributed by atoms with E-state index in [9.17, 15) is 4.79 Å². The van der Waals surface area contributed by atoms with Crippen molar-refractivity contribution in [3.63, 3.8) is 0 Å². The first-order valence-electron chi connectivity index (χ1n) is 4.79.